The molecule has 0 radical (unpaired) electrons. The van der Waals surface area contributed by atoms with E-state index in [0.29, 0.717) is 6.04 Å². The van der Waals surface area contributed by atoms with Gasteiger partial charge in [-0.3, -0.25) is 5.01 Å². The molecule has 0 aliphatic heterocycles. The molecule has 0 aromatic rings. The van der Waals surface area contributed by atoms with Crippen LogP contribution in [0.3, 0.4) is 0 Å². The Morgan fingerprint density at radius 3 is 2.67 bits per heavy atom. The molecule has 52 valence electrons. The number of nitrogens with zero attached hydrogens (tertiary/aromatic N) is 2. The Morgan fingerprint density at radius 1 is 1.67 bits per heavy atom. The molecule has 0 heterocycles. The molecule has 3 nitrogen and oxygen atoms in total. The van der Waals surface area contributed by atoms with Crippen molar-refractivity contribution in [2.75, 3.05) is 6.54 Å². The van der Waals surface area contributed by atoms with Gasteiger partial charge in [0, 0.05) is 6.54 Å². The predicted octanol–water partition coefficient (Wildman–Crippen LogP) is 1.54. The predicted molar refractivity (Wildman–Crippen MR) is 35.8 cm³/mol. The Morgan fingerprint density at radius 2 is 2.33 bits per heavy atom. The van der Waals surface area contributed by atoms with Crippen LogP contribution in [0.4, 0.5) is 0 Å². The van der Waals surface area contributed by atoms with Gasteiger partial charge >= 0.3 is 0 Å². The maximum Gasteiger partial charge on any atom is 0.0526 e. The quantitative estimate of drug-likeness (QED) is 0.425. The molecule has 0 spiro atoms. The SMILES string of the molecule is CCCN(N=O)C1CC1. The minimum Gasteiger partial charge on any atom is -0.258 e. The van der Waals surface area contributed by atoms with E-state index in [-0.39, 0.29) is 0 Å². The van der Waals surface area contributed by atoms with Gasteiger partial charge in [-0.05, 0) is 19.3 Å². The van der Waals surface area contributed by atoms with E-state index in [1.165, 1.54) is 0 Å². The van der Waals surface area contributed by atoms with Crippen molar-refractivity contribution >= 4 is 0 Å². The molecule has 1 saturated carbocycles. The fourth-order valence-electron chi connectivity index (χ4n) is 0.892. The molecule has 0 atom stereocenters. The monoisotopic (exact) mass is 128 g/mol. The standard InChI is InChI=1S/C6H12N2O/c1-2-5-8(7-9)6-3-4-6/h6H,2-5H2,1H3. The molecule has 1 fully saturated rings. The first kappa shape index (κ1) is 6.52. The minimum atomic E-state index is 0.488. The van der Waals surface area contributed by atoms with Crippen LogP contribution in [0.2, 0.25) is 0 Å². The molecule has 9 heavy (non-hydrogen) atoms. The summed E-state index contributed by atoms with van der Waals surface area (Å²) in [5.41, 5.74) is 0. The lowest BCUT2D eigenvalue weighted by Crippen LogP contribution is -2.19. The third-order valence-corrected chi connectivity index (χ3v) is 1.53. The second-order valence-corrected chi connectivity index (χ2v) is 2.48. The first-order chi connectivity index (χ1) is 4.38. The topological polar surface area (TPSA) is 32.7 Å². The Hall–Kier alpha value is -0.600. The Balaban J connectivity index is 2.20. The van der Waals surface area contributed by atoms with E-state index in [4.69, 9.17) is 0 Å². The fraction of sp³-hybridized carbons (Fsp3) is 1.00. The fourth-order valence-corrected chi connectivity index (χ4v) is 0.892. The van der Waals surface area contributed by atoms with Crippen LogP contribution in [0.15, 0.2) is 5.29 Å². The molecule has 0 unspecified atom stereocenters. The van der Waals surface area contributed by atoms with Crippen LogP contribution in [0.5, 0.6) is 0 Å². The smallest absolute Gasteiger partial charge is 0.0526 e. The third-order valence-electron chi connectivity index (χ3n) is 1.53. The second-order valence-electron chi connectivity index (χ2n) is 2.48. The van der Waals surface area contributed by atoms with Gasteiger partial charge in [0.1, 0.15) is 0 Å². The lowest BCUT2D eigenvalue weighted by Gasteiger charge is -2.11. The van der Waals surface area contributed by atoms with Crippen molar-refractivity contribution in [1.82, 2.24) is 5.01 Å². The van der Waals surface area contributed by atoms with Gasteiger partial charge in [0.15, 0.2) is 0 Å². The molecular formula is C6H12N2O. The summed E-state index contributed by atoms with van der Waals surface area (Å²) < 4.78 is 0. The average Bonchev–Trinajstić information content (AvgIpc) is 2.64. The maximum absolute atomic E-state index is 10.1. The van der Waals surface area contributed by atoms with Crippen LogP contribution >= 0.6 is 0 Å². The molecule has 0 saturated heterocycles. The van der Waals surface area contributed by atoms with Crippen LogP contribution < -0.4 is 0 Å². The summed E-state index contributed by atoms with van der Waals surface area (Å²) in [6.45, 7) is 2.88. The van der Waals surface area contributed by atoms with Gasteiger partial charge in [0.05, 0.1) is 11.3 Å². The van der Waals surface area contributed by atoms with Crippen LogP contribution in [0.1, 0.15) is 26.2 Å². The first-order valence-electron chi connectivity index (χ1n) is 3.48. The summed E-state index contributed by atoms with van der Waals surface area (Å²) in [7, 11) is 0. The van der Waals surface area contributed by atoms with Crippen molar-refractivity contribution in [3.63, 3.8) is 0 Å². The molecule has 1 aliphatic rings. The van der Waals surface area contributed by atoms with Crippen molar-refractivity contribution in [2.24, 2.45) is 5.29 Å². The summed E-state index contributed by atoms with van der Waals surface area (Å²) in [6.07, 6.45) is 3.33. The van der Waals surface area contributed by atoms with Crippen molar-refractivity contribution < 1.29 is 0 Å². The zero-order valence-corrected chi connectivity index (χ0v) is 5.71. The van der Waals surface area contributed by atoms with E-state index in [1.807, 2.05) is 0 Å². The molecular weight excluding hydrogens is 116 g/mol. The first-order valence-corrected chi connectivity index (χ1v) is 3.48. The molecule has 0 N–H and O–H groups in total. The lowest BCUT2D eigenvalue weighted by atomic mass is 10.4. The van der Waals surface area contributed by atoms with Gasteiger partial charge in [-0.2, -0.15) is 0 Å². The number of hydrogen-bond acceptors (Lipinski definition) is 2. The Kier molecular flexibility index (Phi) is 2.03. The molecule has 3 heteroatoms. The largest absolute Gasteiger partial charge is 0.258 e. The number of rotatable bonds is 4. The van der Waals surface area contributed by atoms with Crippen molar-refractivity contribution in [3.8, 4) is 0 Å². The summed E-state index contributed by atoms with van der Waals surface area (Å²) in [5, 5.41) is 4.58. The summed E-state index contributed by atoms with van der Waals surface area (Å²) in [6, 6.07) is 0.488. The summed E-state index contributed by atoms with van der Waals surface area (Å²) >= 11 is 0. The molecule has 0 amide bonds. The zero-order valence-electron chi connectivity index (χ0n) is 5.71. The van der Waals surface area contributed by atoms with E-state index in [1.54, 1.807) is 5.01 Å². The van der Waals surface area contributed by atoms with Gasteiger partial charge in [-0.25, -0.2) is 0 Å². The van der Waals surface area contributed by atoms with Gasteiger partial charge in [0.25, 0.3) is 0 Å². The van der Waals surface area contributed by atoms with Crippen LogP contribution in [-0.4, -0.2) is 17.6 Å². The van der Waals surface area contributed by atoms with E-state index in [2.05, 4.69) is 12.2 Å². The third kappa shape index (κ3) is 1.66. The highest BCUT2D eigenvalue weighted by Crippen LogP contribution is 2.26. The number of hydrogen-bond donors (Lipinski definition) is 0. The highest BCUT2D eigenvalue weighted by Gasteiger charge is 2.28. The normalized spacial score (nSPS) is 17.4. The van der Waals surface area contributed by atoms with Crippen LogP contribution in [-0.2, 0) is 0 Å². The van der Waals surface area contributed by atoms with Gasteiger partial charge in [-0.15, -0.1) is 4.91 Å². The molecule has 1 aliphatic carbocycles. The Labute approximate surface area is 55.0 Å². The van der Waals surface area contributed by atoms with Crippen LogP contribution in [0.25, 0.3) is 0 Å². The number of nitroso groups, excluding NO2 is 1. The highest BCUT2D eigenvalue weighted by molar-refractivity contribution is 4.81. The van der Waals surface area contributed by atoms with Crippen molar-refractivity contribution in [3.05, 3.63) is 4.91 Å². The van der Waals surface area contributed by atoms with E-state index in [9.17, 15) is 4.91 Å². The van der Waals surface area contributed by atoms with Crippen molar-refractivity contribution in [2.45, 2.75) is 32.2 Å². The Bertz CT molecular complexity index is 101. The molecule has 1 rings (SSSR count). The van der Waals surface area contributed by atoms with E-state index < -0.39 is 0 Å². The van der Waals surface area contributed by atoms with Gasteiger partial charge in [0.2, 0.25) is 0 Å². The second kappa shape index (κ2) is 2.80. The highest BCUT2D eigenvalue weighted by atomic mass is 16.3. The lowest BCUT2D eigenvalue weighted by molar-refractivity contribution is 0.274. The summed E-state index contributed by atoms with van der Waals surface area (Å²) in [5.74, 6) is 0. The summed E-state index contributed by atoms with van der Waals surface area (Å²) in [4.78, 5) is 10.1. The van der Waals surface area contributed by atoms with Crippen molar-refractivity contribution in [1.29, 1.82) is 0 Å². The zero-order chi connectivity index (χ0) is 6.69. The van der Waals surface area contributed by atoms with Gasteiger partial charge < -0.3 is 0 Å². The van der Waals surface area contributed by atoms with Crippen LogP contribution in [0, 0.1) is 4.91 Å². The van der Waals surface area contributed by atoms with Gasteiger partial charge in [-0.1, -0.05) is 6.92 Å². The molecule has 0 aromatic carbocycles. The van der Waals surface area contributed by atoms with E-state index >= 15 is 0 Å². The minimum absolute atomic E-state index is 0.488. The maximum atomic E-state index is 10.1. The molecule has 0 aromatic heterocycles. The average molecular weight is 128 g/mol. The van der Waals surface area contributed by atoms with E-state index in [0.717, 1.165) is 25.8 Å². The molecule has 0 bridgehead atoms.